The van der Waals surface area contributed by atoms with Gasteiger partial charge in [0.05, 0.1) is 12.5 Å². The molecule has 6 heteroatoms. The minimum absolute atomic E-state index is 0.247. The molecule has 2 unspecified atom stereocenters. The fourth-order valence-corrected chi connectivity index (χ4v) is 1.97. The molecule has 0 radical (unpaired) electrons. The summed E-state index contributed by atoms with van der Waals surface area (Å²) in [6.45, 7) is 1.78. The number of amides is 1. The lowest BCUT2D eigenvalue weighted by molar-refractivity contribution is -0.117. The van der Waals surface area contributed by atoms with E-state index in [9.17, 15) is 14.3 Å². The number of aliphatic hydroxyl groups excluding tert-OH is 1. The van der Waals surface area contributed by atoms with Gasteiger partial charge >= 0.3 is 0 Å². The monoisotopic (exact) mass is 304 g/mol. The maximum Gasteiger partial charge on any atom is 0.244 e. The molecular weight excluding hydrogens is 287 g/mol. The highest BCUT2D eigenvalue weighted by molar-refractivity contribution is 5.91. The van der Waals surface area contributed by atoms with Crippen LogP contribution in [0.3, 0.4) is 0 Å². The third kappa shape index (κ3) is 4.82. The first kappa shape index (κ1) is 15.9. The van der Waals surface area contributed by atoms with Gasteiger partial charge in [0.25, 0.3) is 0 Å². The van der Waals surface area contributed by atoms with Gasteiger partial charge in [0.1, 0.15) is 17.7 Å². The van der Waals surface area contributed by atoms with Crippen molar-refractivity contribution in [1.29, 1.82) is 0 Å². The number of aliphatic hydroxyl groups is 1. The molecule has 2 aromatic heterocycles. The van der Waals surface area contributed by atoms with E-state index >= 15 is 0 Å². The summed E-state index contributed by atoms with van der Waals surface area (Å²) in [6.07, 6.45) is 6.35. The lowest BCUT2D eigenvalue weighted by Crippen LogP contribution is -2.32. The molecule has 0 fully saturated rings. The summed E-state index contributed by atoms with van der Waals surface area (Å²) >= 11 is 0. The molecule has 0 spiro atoms. The highest BCUT2D eigenvalue weighted by Crippen LogP contribution is 2.18. The van der Waals surface area contributed by atoms with Gasteiger partial charge in [-0.25, -0.2) is 4.39 Å². The highest BCUT2D eigenvalue weighted by atomic mass is 19.1. The molecule has 116 valence electrons. The average molecular weight is 304 g/mol. The topological polar surface area (TPSA) is 75.4 Å². The standard InChI is InChI=1S/C16H17FN2O3/c1-11(7-14(20)15-3-2-6-22-15)19-16(21)5-4-12-8-13(17)10-18-9-12/h2-6,8-11,14,20H,7H2,1H3,(H,19,21)/b5-4+. The van der Waals surface area contributed by atoms with Crippen LogP contribution < -0.4 is 5.32 Å². The van der Waals surface area contributed by atoms with E-state index in [1.165, 1.54) is 30.7 Å². The molecule has 2 N–H and O–H groups in total. The van der Waals surface area contributed by atoms with Crippen molar-refractivity contribution in [3.8, 4) is 0 Å². The smallest absolute Gasteiger partial charge is 0.244 e. The number of rotatable bonds is 6. The first-order valence-corrected chi connectivity index (χ1v) is 6.85. The van der Waals surface area contributed by atoms with Crippen LogP contribution in [-0.2, 0) is 4.79 Å². The van der Waals surface area contributed by atoms with Crippen LogP contribution in [0.5, 0.6) is 0 Å². The van der Waals surface area contributed by atoms with Gasteiger partial charge in [0.15, 0.2) is 0 Å². The second-order valence-electron chi connectivity index (χ2n) is 4.95. The van der Waals surface area contributed by atoms with Crippen molar-refractivity contribution in [2.75, 3.05) is 0 Å². The Hall–Kier alpha value is -2.47. The van der Waals surface area contributed by atoms with Crippen LogP contribution in [0.25, 0.3) is 6.08 Å². The van der Waals surface area contributed by atoms with Crippen LogP contribution in [-0.4, -0.2) is 22.0 Å². The molecule has 0 saturated heterocycles. The summed E-state index contributed by atoms with van der Waals surface area (Å²) < 4.78 is 18.0. The van der Waals surface area contributed by atoms with E-state index in [0.29, 0.717) is 17.7 Å². The number of carbonyl (C=O) groups is 1. The van der Waals surface area contributed by atoms with E-state index in [1.807, 2.05) is 0 Å². The molecule has 2 atom stereocenters. The van der Waals surface area contributed by atoms with Crippen molar-refractivity contribution in [3.05, 3.63) is 60.1 Å². The lowest BCUT2D eigenvalue weighted by Gasteiger charge is -2.15. The van der Waals surface area contributed by atoms with Crippen molar-refractivity contribution >= 4 is 12.0 Å². The largest absolute Gasteiger partial charge is 0.467 e. The molecular formula is C16H17FN2O3. The van der Waals surface area contributed by atoms with E-state index in [2.05, 4.69) is 10.3 Å². The summed E-state index contributed by atoms with van der Waals surface area (Å²) in [5.41, 5.74) is 0.499. The molecule has 2 heterocycles. The SMILES string of the molecule is CC(CC(O)c1ccco1)NC(=O)/C=C/c1cncc(F)c1. The van der Waals surface area contributed by atoms with Gasteiger partial charge in [0, 0.05) is 24.7 Å². The predicted octanol–water partition coefficient (Wildman–Crippen LogP) is 2.46. The summed E-state index contributed by atoms with van der Waals surface area (Å²) in [5.74, 6) is -0.330. The fraction of sp³-hybridized carbons (Fsp3) is 0.250. The van der Waals surface area contributed by atoms with E-state index in [0.717, 1.165) is 6.20 Å². The van der Waals surface area contributed by atoms with Gasteiger partial charge in [-0.3, -0.25) is 9.78 Å². The fourth-order valence-electron chi connectivity index (χ4n) is 1.97. The minimum atomic E-state index is -0.776. The molecule has 0 aliphatic carbocycles. The van der Waals surface area contributed by atoms with Gasteiger partial charge in [-0.05, 0) is 36.8 Å². The van der Waals surface area contributed by atoms with Crippen LogP contribution in [0.4, 0.5) is 4.39 Å². The van der Waals surface area contributed by atoms with Crippen LogP contribution in [0.2, 0.25) is 0 Å². The third-order valence-corrected chi connectivity index (χ3v) is 2.99. The molecule has 22 heavy (non-hydrogen) atoms. The van der Waals surface area contributed by atoms with Crippen molar-refractivity contribution in [2.45, 2.75) is 25.5 Å². The Morgan fingerprint density at radius 3 is 3.05 bits per heavy atom. The van der Waals surface area contributed by atoms with Crippen LogP contribution >= 0.6 is 0 Å². The molecule has 0 aromatic carbocycles. The average Bonchev–Trinajstić information content (AvgIpc) is 2.99. The van der Waals surface area contributed by atoms with Gasteiger partial charge < -0.3 is 14.8 Å². The Bertz CT molecular complexity index is 641. The molecule has 5 nitrogen and oxygen atoms in total. The zero-order chi connectivity index (χ0) is 15.9. The molecule has 2 aromatic rings. The first-order valence-electron chi connectivity index (χ1n) is 6.85. The van der Waals surface area contributed by atoms with Gasteiger partial charge in [-0.15, -0.1) is 0 Å². The molecule has 0 aliphatic heterocycles. The van der Waals surface area contributed by atoms with Gasteiger partial charge in [-0.2, -0.15) is 0 Å². The van der Waals surface area contributed by atoms with Crippen molar-refractivity contribution in [2.24, 2.45) is 0 Å². The summed E-state index contributed by atoms with van der Waals surface area (Å²) in [5, 5.41) is 12.6. The Labute approximate surface area is 127 Å². The van der Waals surface area contributed by atoms with Crippen LogP contribution in [0.15, 0.2) is 47.3 Å². The van der Waals surface area contributed by atoms with E-state index in [1.54, 1.807) is 19.1 Å². The number of nitrogens with zero attached hydrogens (tertiary/aromatic N) is 1. The second kappa shape index (κ2) is 7.51. The number of furan rings is 1. The number of halogens is 1. The van der Waals surface area contributed by atoms with E-state index in [4.69, 9.17) is 4.42 Å². The lowest BCUT2D eigenvalue weighted by atomic mass is 10.1. The maximum atomic E-state index is 12.9. The van der Waals surface area contributed by atoms with E-state index in [-0.39, 0.29) is 11.9 Å². The van der Waals surface area contributed by atoms with E-state index < -0.39 is 11.9 Å². The highest BCUT2D eigenvalue weighted by Gasteiger charge is 2.15. The maximum absolute atomic E-state index is 12.9. The van der Waals surface area contributed by atoms with Gasteiger partial charge in [0.2, 0.25) is 5.91 Å². The van der Waals surface area contributed by atoms with Crippen molar-refractivity contribution < 1.29 is 18.7 Å². The summed E-state index contributed by atoms with van der Waals surface area (Å²) in [7, 11) is 0. The van der Waals surface area contributed by atoms with Crippen molar-refractivity contribution in [3.63, 3.8) is 0 Å². The zero-order valence-corrected chi connectivity index (χ0v) is 12.1. The molecule has 2 rings (SSSR count). The Kier molecular flexibility index (Phi) is 5.43. The Morgan fingerprint density at radius 2 is 2.36 bits per heavy atom. The summed E-state index contributed by atoms with van der Waals surface area (Å²) in [6, 6.07) is 4.40. The van der Waals surface area contributed by atoms with Crippen LogP contribution in [0.1, 0.15) is 30.8 Å². The predicted molar refractivity (Wildman–Crippen MR) is 79.1 cm³/mol. The Morgan fingerprint density at radius 1 is 1.55 bits per heavy atom. The molecule has 0 saturated carbocycles. The number of nitrogens with one attached hydrogen (secondary N) is 1. The number of hydrogen-bond acceptors (Lipinski definition) is 4. The van der Waals surface area contributed by atoms with Crippen LogP contribution in [0, 0.1) is 5.82 Å². The molecule has 1 amide bonds. The Balaban J connectivity index is 1.83. The van der Waals surface area contributed by atoms with Gasteiger partial charge in [-0.1, -0.05) is 0 Å². The third-order valence-electron chi connectivity index (χ3n) is 2.99. The quantitative estimate of drug-likeness (QED) is 0.804. The van der Waals surface area contributed by atoms with Crippen molar-refractivity contribution in [1.82, 2.24) is 10.3 Å². The number of hydrogen-bond donors (Lipinski definition) is 2. The number of aromatic nitrogens is 1. The summed E-state index contributed by atoms with van der Waals surface area (Å²) in [4.78, 5) is 15.5. The minimum Gasteiger partial charge on any atom is -0.467 e. The number of pyridine rings is 1. The second-order valence-corrected chi connectivity index (χ2v) is 4.95. The number of carbonyl (C=O) groups excluding carboxylic acids is 1. The zero-order valence-electron chi connectivity index (χ0n) is 12.1. The normalized spacial score (nSPS) is 14.0. The molecule has 0 bridgehead atoms. The first-order chi connectivity index (χ1) is 10.5. The molecule has 0 aliphatic rings.